The lowest BCUT2D eigenvalue weighted by Crippen LogP contribution is -2.07. The van der Waals surface area contributed by atoms with E-state index >= 15 is 0 Å². The van der Waals surface area contributed by atoms with Crippen molar-refractivity contribution in [2.75, 3.05) is 0 Å². The second kappa shape index (κ2) is 4.09. The maximum Gasteiger partial charge on any atom is 0.338 e. The van der Waals surface area contributed by atoms with Crippen LogP contribution in [0.2, 0.25) is 0 Å². The fraction of sp³-hybridized carbons (Fsp3) is 0.300. The fourth-order valence-corrected chi connectivity index (χ4v) is 1.01. The molecule has 1 aromatic rings. The molecule has 0 heterocycles. The lowest BCUT2D eigenvalue weighted by molar-refractivity contribution is 0.0691. The minimum absolute atomic E-state index is 0.0675. The average molecular weight is 198 g/mol. The molecule has 0 amide bonds. The molecule has 0 aliphatic heterocycles. The van der Waals surface area contributed by atoms with Gasteiger partial charge in [-0.2, -0.15) is 0 Å². The van der Waals surface area contributed by atoms with Crippen LogP contribution in [0.4, 0.5) is 4.39 Å². The standard InChI is InChI=1S/C10H11FO3/c1-6(2)14-7-3-4-9(11)8(5-7)10(12)13/h3-6H,1-2H3,(H,12,13). The summed E-state index contributed by atoms with van der Waals surface area (Å²) < 4.78 is 18.2. The first-order valence-electron chi connectivity index (χ1n) is 4.20. The summed E-state index contributed by atoms with van der Waals surface area (Å²) in [6.45, 7) is 3.62. The van der Waals surface area contributed by atoms with E-state index in [1.165, 1.54) is 12.1 Å². The van der Waals surface area contributed by atoms with E-state index in [0.29, 0.717) is 5.75 Å². The van der Waals surface area contributed by atoms with Gasteiger partial charge in [0.15, 0.2) is 0 Å². The Labute approximate surface area is 81.1 Å². The van der Waals surface area contributed by atoms with Gasteiger partial charge >= 0.3 is 5.97 Å². The van der Waals surface area contributed by atoms with E-state index in [4.69, 9.17) is 9.84 Å². The van der Waals surface area contributed by atoms with Crippen molar-refractivity contribution in [3.05, 3.63) is 29.6 Å². The zero-order chi connectivity index (χ0) is 10.7. The van der Waals surface area contributed by atoms with Crippen molar-refractivity contribution >= 4 is 5.97 Å². The number of rotatable bonds is 3. The highest BCUT2D eigenvalue weighted by Gasteiger charge is 2.11. The van der Waals surface area contributed by atoms with Gasteiger partial charge in [0, 0.05) is 0 Å². The molecule has 0 aliphatic rings. The van der Waals surface area contributed by atoms with Crippen molar-refractivity contribution in [3.8, 4) is 5.75 Å². The lowest BCUT2D eigenvalue weighted by Gasteiger charge is -2.10. The maximum absolute atomic E-state index is 12.9. The van der Waals surface area contributed by atoms with Crippen LogP contribution in [0.1, 0.15) is 24.2 Å². The maximum atomic E-state index is 12.9. The number of aromatic carboxylic acids is 1. The Morgan fingerprint density at radius 2 is 2.14 bits per heavy atom. The number of carbonyl (C=O) groups is 1. The van der Waals surface area contributed by atoms with Gasteiger partial charge in [-0.3, -0.25) is 0 Å². The number of carboxylic acid groups (broad SMARTS) is 1. The van der Waals surface area contributed by atoms with E-state index in [2.05, 4.69) is 0 Å². The smallest absolute Gasteiger partial charge is 0.338 e. The highest BCUT2D eigenvalue weighted by molar-refractivity contribution is 5.88. The number of hydrogen-bond donors (Lipinski definition) is 1. The molecule has 4 heteroatoms. The molecule has 0 saturated heterocycles. The molecule has 14 heavy (non-hydrogen) atoms. The van der Waals surface area contributed by atoms with Crippen LogP contribution in [0.25, 0.3) is 0 Å². The lowest BCUT2D eigenvalue weighted by atomic mass is 10.2. The Hall–Kier alpha value is -1.58. The topological polar surface area (TPSA) is 46.5 Å². The van der Waals surface area contributed by atoms with Crippen molar-refractivity contribution in [1.29, 1.82) is 0 Å². The van der Waals surface area contributed by atoms with Gasteiger partial charge in [-0.1, -0.05) is 0 Å². The van der Waals surface area contributed by atoms with Crippen LogP contribution in [0, 0.1) is 5.82 Å². The number of halogens is 1. The molecule has 0 fully saturated rings. The Bertz CT molecular complexity index is 347. The quantitative estimate of drug-likeness (QED) is 0.810. The van der Waals surface area contributed by atoms with Gasteiger partial charge in [0.2, 0.25) is 0 Å². The molecule has 0 aliphatic carbocycles. The second-order valence-corrected chi connectivity index (χ2v) is 3.11. The molecule has 3 nitrogen and oxygen atoms in total. The van der Waals surface area contributed by atoms with Gasteiger partial charge in [-0.15, -0.1) is 0 Å². The van der Waals surface area contributed by atoms with Gasteiger partial charge in [-0.25, -0.2) is 9.18 Å². The predicted octanol–water partition coefficient (Wildman–Crippen LogP) is 2.31. The molecule has 0 spiro atoms. The van der Waals surface area contributed by atoms with Crippen molar-refractivity contribution in [2.24, 2.45) is 0 Å². The number of carboxylic acids is 1. The third-order valence-electron chi connectivity index (χ3n) is 1.54. The molecule has 0 aromatic heterocycles. The molecule has 1 aromatic carbocycles. The summed E-state index contributed by atoms with van der Waals surface area (Å²) in [5.41, 5.74) is -0.372. The monoisotopic (exact) mass is 198 g/mol. The first-order chi connectivity index (χ1) is 6.50. The largest absolute Gasteiger partial charge is 0.491 e. The molecule has 76 valence electrons. The molecule has 0 atom stereocenters. The second-order valence-electron chi connectivity index (χ2n) is 3.11. The van der Waals surface area contributed by atoms with Gasteiger partial charge in [0.25, 0.3) is 0 Å². The van der Waals surface area contributed by atoms with Crippen LogP contribution >= 0.6 is 0 Å². The number of ether oxygens (including phenoxy) is 1. The summed E-state index contributed by atoms with van der Waals surface area (Å²) in [5, 5.41) is 8.63. The van der Waals surface area contributed by atoms with Gasteiger partial charge in [-0.05, 0) is 32.0 Å². The third kappa shape index (κ3) is 2.45. The summed E-state index contributed by atoms with van der Waals surface area (Å²) in [4.78, 5) is 10.6. The summed E-state index contributed by atoms with van der Waals surface area (Å²) in [5.74, 6) is -1.69. The van der Waals surface area contributed by atoms with Crippen LogP contribution in [0.3, 0.4) is 0 Å². The molecule has 1 rings (SSSR count). The van der Waals surface area contributed by atoms with Crippen LogP contribution in [-0.4, -0.2) is 17.2 Å². The Kier molecular flexibility index (Phi) is 3.06. The van der Waals surface area contributed by atoms with Crippen LogP contribution < -0.4 is 4.74 Å². The summed E-state index contributed by atoms with van der Waals surface area (Å²) in [6, 6.07) is 3.67. The minimum atomic E-state index is -1.29. The number of hydrogen-bond acceptors (Lipinski definition) is 2. The number of benzene rings is 1. The minimum Gasteiger partial charge on any atom is -0.491 e. The zero-order valence-electron chi connectivity index (χ0n) is 7.95. The van der Waals surface area contributed by atoms with Gasteiger partial charge < -0.3 is 9.84 Å². The van der Waals surface area contributed by atoms with Crippen LogP contribution in [-0.2, 0) is 0 Å². The summed E-state index contributed by atoms with van der Waals surface area (Å²) >= 11 is 0. The van der Waals surface area contributed by atoms with E-state index in [0.717, 1.165) is 6.07 Å². The molecule has 0 radical (unpaired) electrons. The molecule has 0 saturated carbocycles. The Morgan fingerprint density at radius 3 is 2.64 bits per heavy atom. The van der Waals surface area contributed by atoms with Crippen LogP contribution in [0.15, 0.2) is 18.2 Å². The zero-order valence-corrected chi connectivity index (χ0v) is 7.95. The highest BCUT2D eigenvalue weighted by Crippen LogP contribution is 2.17. The molecular formula is C10H11FO3. The first kappa shape index (κ1) is 10.5. The van der Waals surface area contributed by atoms with Crippen molar-refractivity contribution < 1.29 is 19.0 Å². The van der Waals surface area contributed by atoms with E-state index in [-0.39, 0.29) is 11.7 Å². The van der Waals surface area contributed by atoms with Crippen LogP contribution in [0.5, 0.6) is 5.75 Å². The van der Waals surface area contributed by atoms with E-state index in [1.54, 1.807) is 0 Å². The molecule has 0 unspecified atom stereocenters. The molecule has 0 bridgehead atoms. The summed E-state index contributed by atoms with van der Waals surface area (Å²) in [7, 11) is 0. The van der Waals surface area contributed by atoms with Crippen molar-refractivity contribution in [2.45, 2.75) is 20.0 Å². The highest BCUT2D eigenvalue weighted by atomic mass is 19.1. The van der Waals surface area contributed by atoms with Crippen molar-refractivity contribution in [1.82, 2.24) is 0 Å². The van der Waals surface area contributed by atoms with Gasteiger partial charge in [0.1, 0.15) is 11.6 Å². The van der Waals surface area contributed by atoms with E-state index in [9.17, 15) is 9.18 Å². The normalized spacial score (nSPS) is 10.3. The van der Waals surface area contributed by atoms with E-state index in [1.807, 2.05) is 13.8 Å². The molecular weight excluding hydrogens is 187 g/mol. The predicted molar refractivity (Wildman–Crippen MR) is 49.1 cm³/mol. The third-order valence-corrected chi connectivity index (χ3v) is 1.54. The Morgan fingerprint density at radius 1 is 1.50 bits per heavy atom. The van der Waals surface area contributed by atoms with Gasteiger partial charge in [0.05, 0.1) is 11.7 Å². The first-order valence-corrected chi connectivity index (χ1v) is 4.20. The summed E-state index contributed by atoms with van der Waals surface area (Å²) in [6.07, 6.45) is -0.0675. The van der Waals surface area contributed by atoms with Crippen molar-refractivity contribution in [3.63, 3.8) is 0 Å². The average Bonchev–Trinajstić information content (AvgIpc) is 2.07. The Balaban J connectivity index is 3.00. The fourth-order valence-electron chi connectivity index (χ4n) is 1.01. The van der Waals surface area contributed by atoms with E-state index < -0.39 is 11.8 Å². The molecule has 1 N–H and O–H groups in total. The SMILES string of the molecule is CC(C)Oc1ccc(F)c(C(=O)O)c1.